The lowest BCUT2D eigenvalue weighted by molar-refractivity contribution is -0.118. The second-order valence-electron chi connectivity index (χ2n) is 8.28. The molecular weight excluding hydrogens is 418 g/mol. The van der Waals surface area contributed by atoms with Crippen molar-refractivity contribution in [2.24, 2.45) is 5.92 Å². The van der Waals surface area contributed by atoms with Crippen LogP contribution in [0.1, 0.15) is 46.6 Å². The molecule has 152 valence electrons. The largest absolute Gasteiger partial charge is 0.494 e. The summed E-state index contributed by atoms with van der Waals surface area (Å²) < 4.78 is 12.5. The predicted molar refractivity (Wildman–Crippen MR) is 118 cm³/mol. The van der Waals surface area contributed by atoms with Crippen molar-refractivity contribution < 1.29 is 14.3 Å². The summed E-state index contributed by atoms with van der Waals surface area (Å²) in [7, 11) is 0. The predicted octanol–water partition coefficient (Wildman–Crippen LogP) is 6.19. The average Bonchev–Trinajstić information content (AvgIpc) is 2.61. The minimum Gasteiger partial charge on any atom is -0.494 e. The van der Waals surface area contributed by atoms with E-state index in [1.165, 1.54) is 0 Å². The third-order valence-corrected chi connectivity index (χ3v) is 4.70. The topological polar surface area (TPSA) is 47.6 Å². The molecule has 5 heteroatoms. The quantitative estimate of drug-likeness (QED) is 0.524. The average molecular weight is 448 g/mol. The van der Waals surface area contributed by atoms with Crippen molar-refractivity contribution in [3.8, 4) is 11.5 Å². The SMILES string of the molecule is CC(C)CCOc1ccc(NC(=O)COc2ccc(Br)cc2C(C)(C)C)cc1. The van der Waals surface area contributed by atoms with E-state index in [2.05, 4.69) is 55.9 Å². The summed E-state index contributed by atoms with van der Waals surface area (Å²) in [6.07, 6.45) is 1.02. The lowest BCUT2D eigenvalue weighted by Crippen LogP contribution is -2.22. The van der Waals surface area contributed by atoms with Crippen LogP contribution in [0.3, 0.4) is 0 Å². The summed E-state index contributed by atoms with van der Waals surface area (Å²) in [6, 6.07) is 13.2. The number of ether oxygens (including phenoxy) is 2. The molecule has 1 N–H and O–H groups in total. The second-order valence-corrected chi connectivity index (χ2v) is 9.20. The Morgan fingerprint density at radius 2 is 1.75 bits per heavy atom. The highest BCUT2D eigenvalue weighted by atomic mass is 79.9. The third-order valence-electron chi connectivity index (χ3n) is 4.21. The van der Waals surface area contributed by atoms with Crippen molar-refractivity contribution in [3.05, 3.63) is 52.5 Å². The standard InChI is InChI=1S/C23H30BrNO3/c1-16(2)12-13-27-19-9-7-18(8-10-19)25-22(26)15-28-21-11-6-17(24)14-20(21)23(3,4)5/h6-11,14,16H,12-13,15H2,1-5H3,(H,25,26). The van der Waals surface area contributed by atoms with Gasteiger partial charge in [-0.25, -0.2) is 0 Å². The van der Waals surface area contributed by atoms with Gasteiger partial charge in [-0.3, -0.25) is 4.79 Å². The minimum atomic E-state index is -0.198. The van der Waals surface area contributed by atoms with E-state index in [9.17, 15) is 4.79 Å². The van der Waals surface area contributed by atoms with Crippen LogP contribution in [-0.4, -0.2) is 19.1 Å². The summed E-state index contributed by atoms with van der Waals surface area (Å²) in [4.78, 5) is 12.3. The van der Waals surface area contributed by atoms with Crippen LogP contribution in [0.2, 0.25) is 0 Å². The number of hydrogen-bond donors (Lipinski definition) is 1. The zero-order valence-corrected chi connectivity index (χ0v) is 18.9. The van der Waals surface area contributed by atoms with Crippen molar-refractivity contribution in [3.63, 3.8) is 0 Å². The molecule has 2 aromatic rings. The van der Waals surface area contributed by atoms with Crippen molar-refractivity contribution in [2.75, 3.05) is 18.5 Å². The first-order chi connectivity index (χ1) is 13.1. The lowest BCUT2D eigenvalue weighted by Gasteiger charge is -2.23. The van der Waals surface area contributed by atoms with Gasteiger partial charge in [0, 0.05) is 15.7 Å². The van der Waals surface area contributed by atoms with E-state index in [1.807, 2.05) is 42.5 Å². The Labute approximate surface area is 176 Å². The van der Waals surface area contributed by atoms with E-state index in [1.54, 1.807) is 0 Å². The molecule has 0 fully saturated rings. The Balaban J connectivity index is 1.89. The molecule has 0 saturated heterocycles. The summed E-state index contributed by atoms with van der Waals surface area (Å²) in [5.41, 5.74) is 1.69. The molecule has 2 aromatic carbocycles. The number of rotatable bonds is 8. The van der Waals surface area contributed by atoms with Crippen LogP contribution in [-0.2, 0) is 10.2 Å². The van der Waals surface area contributed by atoms with Crippen LogP contribution in [0.15, 0.2) is 46.9 Å². The fraction of sp³-hybridized carbons (Fsp3) is 0.435. The van der Waals surface area contributed by atoms with E-state index in [0.29, 0.717) is 12.5 Å². The first-order valence-corrected chi connectivity index (χ1v) is 10.4. The Morgan fingerprint density at radius 3 is 2.36 bits per heavy atom. The smallest absolute Gasteiger partial charge is 0.262 e. The molecule has 0 saturated carbocycles. The van der Waals surface area contributed by atoms with E-state index in [0.717, 1.165) is 33.6 Å². The van der Waals surface area contributed by atoms with Gasteiger partial charge in [0.05, 0.1) is 6.61 Å². The summed E-state index contributed by atoms with van der Waals surface area (Å²) in [6.45, 7) is 11.3. The van der Waals surface area contributed by atoms with Gasteiger partial charge in [-0.15, -0.1) is 0 Å². The van der Waals surface area contributed by atoms with Gasteiger partial charge in [0.2, 0.25) is 0 Å². The van der Waals surface area contributed by atoms with Crippen LogP contribution in [0.5, 0.6) is 11.5 Å². The van der Waals surface area contributed by atoms with Crippen LogP contribution < -0.4 is 14.8 Å². The molecule has 0 heterocycles. The van der Waals surface area contributed by atoms with Gasteiger partial charge in [0.25, 0.3) is 5.91 Å². The molecule has 0 atom stereocenters. The molecule has 4 nitrogen and oxygen atoms in total. The van der Waals surface area contributed by atoms with Gasteiger partial charge in [-0.2, -0.15) is 0 Å². The summed E-state index contributed by atoms with van der Waals surface area (Å²) in [5, 5.41) is 2.85. The summed E-state index contributed by atoms with van der Waals surface area (Å²) >= 11 is 3.50. The van der Waals surface area contributed by atoms with Crippen LogP contribution in [0.25, 0.3) is 0 Å². The van der Waals surface area contributed by atoms with E-state index in [4.69, 9.17) is 9.47 Å². The van der Waals surface area contributed by atoms with Crippen molar-refractivity contribution in [1.82, 2.24) is 0 Å². The molecule has 28 heavy (non-hydrogen) atoms. The molecule has 0 spiro atoms. The first-order valence-electron chi connectivity index (χ1n) is 9.60. The van der Waals surface area contributed by atoms with Crippen LogP contribution in [0, 0.1) is 5.92 Å². The number of benzene rings is 2. The number of nitrogens with one attached hydrogen (secondary N) is 1. The van der Waals surface area contributed by atoms with Gasteiger partial charge in [0.15, 0.2) is 6.61 Å². The van der Waals surface area contributed by atoms with Gasteiger partial charge >= 0.3 is 0 Å². The number of carbonyl (C=O) groups excluding carboxylic acids is 1. The number of anilines is 1. The second kappa shape index (κ2) is 9.97. The maximum Gasteiger partial charge on any atom is 0.262 e. The molecule has 0 radical (unpaired) electrons. The third kappa shape index (κ3) is 7.19. The van der Waals surface area contributed by atoms with Crippen molar-refractivity contribution in [2.45, 2.75) is 46.5 Å². The fourth-order valence-corrected chi connectivity index (χ4v) is 2.96. The Bertz CT molecular complexity index is 779. The maximum atomic E-state index is 12.3. The minimum absolute atomic E-state index is 0.0443. The van der Waals surface area contributed by atoms with Gasteiger partial charge in [-0.1, -0.05) is 50.5 Å². The van der Waals surface area contributed by atoms with Gasteiger partial charge in [-0.05, 0) is 60.2 Å². The zero-order valence-electron chi connectivity index (χ0n) is 17.3. The Kier molecular flexibility index (Phi) is 7.93. The first kappa shape index (κ1) is 22.3. The highest BCUT2D eigenvalue weighted by Crippen LogP contribution is 2.33. The normalized spacial score (nSPS) is 11.4. The molecule has 1 amide bonds. The number of hydrogen-bond acceptors (Lipinski definition) is 3. The molecule has 0 aromatic heterocycles. The van der Waals surface area contributed by atoms with Crippen molar-refractivity contribution in [1.29, 1.82) is 0 Å². The van der Waals surface area contributed by atoms with Crippen LogP contribution >= 0.6 is 15.9 Å². The highest BCUT2D eigenvalue weighted by molar-refractivity contribution is 9.10. The monoisotopic (exact) mass is 447 g/mol. The van der Waals surface area contributed by atoms with Gasteiger partial charge < -0.3 is 14.8 Å². The van der Waals surface area contributed by atoms with Crippen molar-refractivity contribution >= 4 is 27.5 Å². The fourth-order valence-electron chi connectivity index (χ4n) is 2.60. The molecule has 0 unspecified atom stereocenters. The molecular formula is C23H30BrNO3. The maximum absolute atomic E-state index is 12.3. The van der Waals surface area contributed by atoms with E-state index < -0.39 is 0 Å². The molecule has 0 aliphatic heterocycles. The number of carbonyl (C=O) groups is 1. The number of amides is 1. The molecule has 0 aliphatic rings. The van der Waals surface area contributed by atoms with Crippen LogP contribution in [0.4, 0.5) is 5.69 Å². The molecule has 0 bridgehead atoms. The molecule has 2 rings (SSSR count). The Hall–Kier alpha value is -2.01. The van der Waals surface area contributed by atoms with Gasteiger partial charge in [0.1, 0.15) is 11.5 Å². The Morgan fingerprint density at radius 1 is 1.07 bits per heavy atom. The number of halogens is 1. The lowest BCUT2D eigenvalue weighted by atomic mass is 9.86. The van der Waals surface area contributed by atoms with E-state index >= 15 is 0 Å². The highest BCUT2D eigenvalue weighted by Gasteiger charge is 2.20. The molecule has 0 aliphatic carbocycles. The van der Waals surface area contributed by atoms with E-state index in [-0.39, 0.29) is 17.9 Å². The summed E-state index contributed by atoms with van der Waals surface area (Å²) in [5.74, 6) is 1.94. The zero-order chi connectivity index (χ0) is 20.7.